The van der Waals surface area contributed by atoms with E-state index in [9.17, 15) is 0 Å². The quantitative estimate of drug-likeness (QED) is 0.432. The molecule has 0 bridgehead atoms. The number of hydrogen-bond donors (Lipinski definition) is 0. The highest BCUT2D eigenvalue weighted by molar-refractivity contribution is 8.23. The van der Waals surface area contributed by atoms with Crippen LogP contribution in [0.5, 0.6) is 0 Å². The van der Waals surface area contributed by atoms with E-state index in [0.29, 0.717) is 0 Å². The molecule has 2 aliphatic heterocycles. The Bertz CT molecular complexity index is 489. The molecule has 0 aromatic heterocycles. The van der Waals surface area contributed by atoms with Gasteiger partial charge in [0.25, 0.3) is 0 Å². The van der Waals surface area contributed by atoms with E-state index in [0.717, 1.165) is 91.9 Å². The van der Waals surface area contributed by atoms with Crippen LogP contribution < -0.4 is 0 Å². The molecule has 2 aliphatic rings. The minimum atomic E-state index is -0.0706. The van der Waals surface area contributed by atoms with Gasteiger partial charge in [0.2, 0.25) is 0 Å². The first-order valence-electron chi connectivity index (χ1n) is 10.4. The van der Waals surface area contributed by atoms with Crippen LogP contribution in [0.25, 0.3) is 0 Å². The molecule has 2 saturated heterocycles. The molecule has 0 amide bonds. The van der Waals surface area contributed by atoms with Gasteiger partial charge in [0.05, 0.1) is 26.4 Å². The first-order chi connectivity index (χ1) is 14.1. The van der Waals surface area contributed by atoms with Crippen molar-refractivity contribution in [2.75, 3.05) is 64.6 Å². The normalized spacial score (nSPS) is 18.6. The van der Waals surface area contributed by atoms with Crippen LogP contribution >= 0.6 is 48.0 Å². The van der Waals surface area contributed by atoms with E-state index in [-0.39, 0.29) is 12.6 Å². The lowest BCUT2D eigenvalue weighted by Gasteiger charge is -2.28. The molecule has 0 saturated carbocycles. The van der Waals surface area contributed by atoms with Gasteiger partial charge >= 0.3 is 0 Å². The van der Waals surface area contributed by atoms with Crippen molar-refractivity contribution in [1.82, 2.24) is 9.80 Å². The summed E-state index contributed by atoms with van der Waals surface area (Å²) in [6, 6.07) is 0. The van der Waals surface area contributed by atoms with E-state index in [1.807, 2.05) is 7.05 Å². The minimum Gasteiger partial charge on any atom is -0.359 e. The van der Waals surface area contributed by atoms with Crippen LogP contribution in [0.15, 0.2) is 0 Å². The summed E-state index contributed by atoms with van der Waals surface area (Å²) in [5, 5.41) is 0. The minimum absolute atomic E-state index is 0.0703. The summed E-state index contributed by atoms with van der Waals surface area (Å²) in [5.41, 5.74) is 0. The summed E-state index contributed by atoms with van der Waals surface area (Å²) in [5.74, 6) is 1.82. The van der Waals surface area contributed by atoms with Crippen molar-refractivity contribution in [1.29, 1.82) is 0 Å². The maximum Gasteiger partial charge on any atom is 0.158 e. The second kappa shape index (κ2) is 15.2. The zero-order valence-electron chi connectivity index (χ0n) is 17.5. The van der Waals surface area contributed by atoms with E-state index in [1.165, 1.54) is 0 Å². The molecule has 2 fully saturated rings. The van der Waals surface area contributed by atoms with Crippen molar-refractivity contribution in [3.05, 3.63) is 0 Å². The summed E-state index contributed by atoms with van der Waals surface area (Å²) in [6.45, 7) is 7.94. The maximum absolute atomic E-state index is 5.62. The fraction of sp³-hybridized carbons (Fsp3) is 0.895. The molecule has 168 valence electrons. The van der Waals surface area contributed by atoms with Gasteiger partial charge in [-0.3, -0.25) is 0 Å². The lowest BCUT2D eigenvalue weighted by atomic mass is 10.4. The molecule has 0 aromatic carbocycles. The average Bonchev–Trinajstić information content (AvgIpc) is 2.75. The molecule has 2 heterocycles. The zero-order chi connectivity index (χ0) is 20.9. The molecule has 0 radical (unpaired) electrons. The van der Waals surface area contributed by atoms with E-state index in [2.05, 4.69) is 16.7 Å². The Morgan fingerprint density at radius 1 is 0.828 bits per heavy atom. The van der Waals surface area contributed by atoms with Crippen LogP contribution in [0.2, 0.25) is 0 Å². The predicted octanol–water partition coefficient (Wildman–Crippen LogP) is 3.58. The Morgan fingerprint density at radius 2 is 1.31 bits per heavy atom. The van der Waals surface area contributed by atoms with E-state index < -0.39 is 0 Å². The van der Waals surface area contributed by atoms with Crippen LogP contribution in [0.3, 0.4) is 0 Å². The molecular formula is C19H34N2O4S4. The molecule has 6 nitrogen and oxygen atoms in total. The number of hydrogen-bond acceptors (Lipinski definition) is 8. The molecule has 0 N–H and O–H groups in total. The van der Waals surface area contributed by atoms with Crippen molar-refractivity contribution in [3.63, 3.8) is 0 Å². The number of rotatable bonds is 10. The average molecular weight is 483 g/mol. The predicted molar refractivity (Wildman–Crippen MR) is 130 cm³/mol. The molecule has 0 atom stereocenters. The van der Waals surface area contributed by atoms with E-state index in [1.54, 1.807) is 23.5 Å². The van der Waals surface area contributed by atoms with Gasteiger partial charge in [-0.2, -0.15) is 0 Å². The second-order valence-electron chi connectivity index (χ2n) is 6.86. The topological polar surface area (TPSA) is 43.4 Å². The first-order valence-corrected chi connectivity index (χ1v) is 13.1. The number of likely N-dealkylation sites (N-methyl/N-ethyl adjacent to an activating group) is 2. The molecule has 0 unspecified atom stereocenters. The highest BCUT2D eigenvalue weighted by Crippen LogP contribution is 2.17. The lowest BCUT2D eigenvalue weighted by Crippen LogP contribution is -2.37. The Labute approximate surface area is 194 Å². The Morgan fingerprint density at radius 3 is 1.79 bits per heavy atom. The van der Waals surface area contributed by atoms with Crippen LogP contribution in [0.4, 0.5) is 0 Å². The van der Waals surface area contributed by atoms with Crippen LogP contribution in [-0.2, 0) is 18.9 Å². The number of ether oxygens (including phenoxy) is 4. The number of nitrogens with zero attached hydrogens (tertiary/aromatic N) is 2. The Balaban J connectivity index is 1.57. The van der Waals surface area contributed by atoms with Gasteiger partial charge in [-0.05, 0) is 19.8 Å². The number of thiocarbonyl (C=S) groups is 2. The summed E-state index contributed by atoms with van der Waals surface area (Å²) in [6.07, 6.45) is 3.58. The summed E-state index contributed by atoms with van der Waals surface area (Å²) >= 11 is 14.6. The maximum atomic E-state index is 5.62. The van der Waals surface area contributed by atoms with E-state index >= 15 is 0 Å². The third-order valence-electron chi connectivity index (χ3n) is 4.61. The van der Waals surface area contributed by atoms with Gasteiger partial charge in [-0.1, -0.05) is 48.0 Å². The summed E-state index contributed by atoms with van der Waals surface area (Å²) < 4.78 is 24.2. The smallest absolute Gasteiger partial charge is 0.158 e. The fourth-order valence-corrected chi connectivity index (χ4v) is 5.33. The van der Waals surface area contributed by atoms with Crippen LogP contribution in [0, 0.1) is 0 Å². The van der Waals surface area contributed by atoms with Crippen molar-refractivity contribution in [2.24, 2.45) is 0 Å². The highest BCUT2D eigenvalue weighted by Gasteiger charge is 2.17. The van der Waals surface area contributed by atoms with Gasteiger partial charge < -0.3 is 28.7 Å². The third-order valence-corrected chi connectivity index (χ3v) is 7.83. The van der Waals surface area contributed by atoms with Crippen molar-refractivity contribution in [2.45, 2.75) is 45.2 Å². The van der Waals surface area contributed by atoms with Gasteiger partial charge in [-0.15, -0.1) is 0 Å². The fourth-order valence-electron chi connectivity index (χ4n) is 2.83. The van der Waals surface area contributed by atoms with Crippen LogP contribution in [-0.4, -0.2) is 95.6 Å². The lowest BCUT2D eigenvalue weighted by molar-refractivity contribution is -0.178. The summed E-state index contributed by atoms with van der Waals surface area (Å²) in [4.78, 5) is 4.36. The van der Waals surface area contributed by atoms with Gasteiger partial charge in [0.15, 0.2) is 12.6 Å². The van der Waals surface area contributed by atoms with Gasteiger partial charge in [0.1, 0.15) is 8.64 Å². The Kier molecular flexibility index (Phi) is 13.4. The largest absolute Gasteiger partial charge is 0.359 e. The molecule has 0 spiro atoms. The van der Waals surface area contributed by atoms with Crippen molar-refractivity contribution >= 4 is 56.6 Å². The zero-order valence-corrected chi connectivity index (χ0v) is 20.8. The van der Waals surface area contributed by atoms with Gasteiger partial charge in [0, 0.05) is 51.0 Å². The monoisotopic (exact) mass is 482 g/mol. The second-order valence-corrected chi connectivity index (χ2v) is 10.3. The SMILES string of the molecule is CCN(CCN(C)C(=S)SCCC1OCCCO1)C(=S)SCCC1OCCCO1. The molecule has 10 heteroatoms. The van der Waals surface area contributed by atoms with Crippen molar-refractivity contribution < 1.29 is 18.9 Å². The first kappa shape index (κ1) is 25.6. The molecule has 0 aromatic rings. The van der Waals surface area contributed by atoms with Crippen LogP contribution in [0.1, 0.15) is 32.6 Å². The molecular weight excluding hydrogens is 448 g/mol. The standard InChI is InChI=1S/C19H34N2O4S4/c1-3-21(19(27)29-15-7-17-24-12-5-13-25-17)9-8-20(2)18(26)28-14-6-16-22-10-4-11-23-16/h16-17H,3-15H2,1-2H3. The van der Waals surface area contributed by atoms with Crippen molar-refractivity contribution in [3.8, 4) is 0 Å². The molecule has 0 aliphatic carbocycles. The molecule has 29 heavy (non-hydrogen) atoms. The molecule has 2 rings (SSSR count). The number of thioether (sulfide) groups is 2. The highest BCUT2D eigenvalue weighted by atomic mass is 32.2. The summed E-state index contributed by atoms with van der Waals surface area (Å²) in [7, 11) is 2.05. The third kappa shape index (κ3) is 10.5. The Hall–Kier alpha value is 0.320. The van der Waals surface area contributed by atoms with Gasteiger partial charge in [-0.25, -0.2) is 0 Å². The van der Waals surface area contributed by atoms with E-state index in [4.69, 9.17) is 43.4 Å².